The van der Waals surface area contributed by atoms with Gasteiger partial charge in [0.1, 0.15) is 0 Å². The molecule has 0 aliphatic heterocycles. The Labute approximate surface area is 137 Å². The highest BCUT2D eigenvalue weighted by Gasteiger charge is 2.60. The fourth-order valence-electron chi connectivity index (χ4n) is 2.38. The molecular formula is C13H32O5SSi2. The Kier molecular flexibility index (Phi) is 11.5. The Hall–Kier alpha value is 0.584. The summed E-state index contributed by atoms with van der Waals surface area (Å²) in [5, 5.41) is 0.514. The summed E-state index contributed by atoms with van der Waals surface area (Å²) in [4.78, 5) is 0. The summed E-state index contributed by atoms with van der Waals surface area (Å²) in [6.45, 7) is 14.7. The van der Waals surface area contributed by atoms with Crippen molar-refractivity contribution in [2.24, 2.45) is 0 Å². The van der Waals surface area contributed by atoms with Crippen LogP contribution in [-0.4, -0.2) is 55.8 Å². The summed E-state index contributed by atoms with van der Waals surface area (Å²) in [5.41, 5.74) is 0. The van der Waals surface area contributed by atoms with E-state index in [1.165, 1.54) is 0 Å². The fraction of sp³-hybridized carbons (Fsp3) is 1.00. The van der Waals surface area contributed by atoms with Crippen LogP contribution < -0.4 is 0 Å². The van der Waals surface area contributed by atoms with E-state index < -0.39 is 17.4 Å². The molecule has 0 bridgehead atoms. The quantitative estimate of drug-likeness (QED) is 0.406. The molecule has 0 fully saturated rings. The van der Waals surface area contributed by atoms with Crippen LogP contribution in [0.3, 0.4) is 0 Å². The molecule has 0 saturated heterocycles. The SMILES string of the molecule is CCO[Si](CS)(OCC)C(C)[Si](OCC)(OCC)OCC. The fourth-order valence-corrected chi connectivity index (χ4v) is 12.2. The third-order valence-electron chi connectivity index (χ3n) is 3.22. The minimum atomic E-state index is -2.87. The number of hydrogen-bond acceptors (Lipinski definition) is 6. The van der Waals surface area contributed by atoms with Crippen LogP contribution in [0.1, 0.15) is 41.5 Å². The van der Waals surface area contributed by atoms with Crippen molar-refractivity contribution >= 4 is 30.0 Å². The third kappa shape index (κ3) is 5.61. The van der Waals surface area contributed by atoms with Crippen LogP contribution in [0.25, 0.3) is 0 Å². The average molecular weight is 357 g/mol. The highest BCUT2D eigenvalue weighted by molar-refractivity contribution is 7.82. The van der Waals surface area contributed by atoms with Gasteiger partial charge in [0, 0.05) is 38.4 Å². The summed E-state index contributed by atoms with van der Waals surface area (Å²) in [6, 6.07) is 0. The van der Waals surface area contributed by atoms with Gasteiger partial charge in [-0.2, -0.15) is 12.6 Å². The first-order valence-electron chi connectivity index (χ1n) is 7.82. The molecule has 5 nitrogen and oxygen atoms in total. The summed E-state index contributed by atoms with van der Waals surface area (Å²) in [5.74, 6) is 0. The van der Waals surface area contributed by atoms with Crippen LogP contribution in [0.2, 0.25) is 5.16 Å². The maximum Gasteiger partial charge on any atom is 0.505 e. The zero-order valence-corrected chi connectivity index (χ0v) is 17.2. The molecule has 1 atom stereocenters. The first kappa shape index (κ1) is 21.6. The average Bonchev–Trinajstić information content (AvgIpc) is 2.46. The van der Waals surface area contributed by atoms with Crippen LogP contribution in [-0.2, 0) is 22.1 Å². The lowest BCUT2D eigenvalue weighted by Gasteiger charge is -2.41. The standard InChI is InChI=1S/C13H32O5SSi2/c1-7-14-20(12-19,15-8-2)13(6)21(16-9-3,17-10-4)18-11-5/h13,19H,7-12H2,1-6H3. The van der Waals surface area contributed by atoms with Gasteiger partial charge in [-0.1, -0.05) is 6.92 Å². The van der Waals surface area contributed by atoms with Gasteiger partial charge in [-0.05, 0) is 34.6 Å². The molecule has 0 radical (unpaired) electrons. The van der Waals surface area contributed by atoms with Crippen LogP contribution in [0.4, 0.5) is 0 Å². The monoisotopic (exact) mass is 356 g/mol. The van der Waals surface area contributed by atoms with Crippen LogP contribution in [0.5, 0.6) is 0 Å². The predicted octanol–water partition coefficient (Wildman–Crippen LogP) is 2.95. The number of rotatable bonds is 13. The van der Waals surface area contributed by atoms with Gasteiger partial charge in [0.15, 0.2) is 0 Å². The normalized spacial score (nSPS) is 14.4. The van der Waals surface area contributed by atoms with E-state index in [-0.39, 0.29) is 5.16 Å². The van der Waals surface area contributed by atoms with E-state index in [9.17, 15) is 0 Å². The number of thiol groups is 1. The van der Waals surface area contributed by atoms with Gasteiger partial charge < -0.3 is 22.1 Å². The van der Waals surface area contributed by atoms with Crippen molar-refractivity contribution < 1.29 is 22.1 Å². The van der Waals surface area contributed by atoms with Gasteiger partial charge in [0.2, 0.25) is 0 Å². The summed E-state index contributed by atoms with van der Waals surface area (Å²) in [7, 11) is -5.44. The zero-order chi connectivity index (χ0) is 16.4. The molecule has 128 valence electrons. The molecule has 0 amide bonds. The predicted molar refractivity (Wildman–Crippen MR) is 92.9 cm³/mol. The Balaban J connectivity index is 5.57. The van der Waals surface area contributed by atoms with Gasteiger partial charge >= 0.3 is 17.4 Å². The van der Waals surface area contributed by atoms with E-state index >= 15 is 0 Å². The largest absolute Gasteiger partial charge is 0.505 e. The Morgan fingerprint density at radius 2 is 1.05 bits per heavy atom. The molecule has 0 rings (SSSR count). The molecule has 0 aliphatic rings. The second-order valence-electron chi connectivity index (χ2n) is 4.46. The first-order chi connectivity index (χ1) is 10.0. The molecule has 0 aliphatic carbocycles. The van der Waals surface area contributed by atoms with Crippen LogP contribution in [0.15, 0.2) is 0 Å². The lowest BCUT2D eigenvalue weighted by molar-refractivity contribution is 0.0614. The van der Waals surface area contributed by atoms with E-state index in [1.807, 2.05) is 34.6 Å². The van der Waals surface area contributed by atoms with Crippen molar-refractivity contribution in [3.8, 4) is 0 Å². The molecule has 0 N–H and O–H groups in total. The Morgan fingerprint density at radius 3 is 1.29 bits per heavy atom. The lowest BCUT2D eigenvalue weighted by Crippen LogP contribution is -2.63. The summed E-state index contributed by atoms with van der Waals surface area (Å²) >= 11 is 4.51. The second kappa shape index (κ2) is 11.2. The van der Waals surface area contributed by atoms with Crippen molar-refractivity contribution in [2.45, 2.75) is 46.7 Å². The van der Waals surface area contributed by atoms with E-state index in [1.54, 1.807) is 0 Å². The van der Waals surface area contributed by atoms with Crippen molar-refractivity contribution in [1.82, 2.24) is 0 Å². The maximum atomic E-state index is 6.06. The van der Waals surface area contributed by atoms with Crippen molar-refractivity contribution in [3.63, 3.8) is 0 Å². The smallest absolute Gasteiger partial charge is 0.394 e. The molecule has 0 aromatic heterocycles. The van der Waals surface area contributed by atoms with E-state index in [2.05, 4.69) is 19.6 Å². The highest BCUT2D eigenvalue weighted by atomic mass is 32.1. The van der Waals surface area contributed by atoms with Gasteiger partial charge in [-0.3, -0.25) is 0 Å². The Bertz CT molecular complexity index is 248. The topological polar surface area (TPSA) is 46.2 Å². The zero-order valence-electron chi connectivity index (χ0n) is 14.3. The highest BCUT2D eigenvalue weighted by Crippen LogP contribution is 2.36. The van der Waals surface area contributed by atoms with Crippen molar-refractivity contribution in [2.75, 3.05) is 38.4 Å². The molecule has 0 spiro atoms. The second-order valence-corrected chi connectivity index (χ2v) is 12.3. The van der Waals surface area contributed by atoms with Crippen molar-refractivity contribution in [3.05, 3.63) is 0 Å². The minimum Gasteiger partial charge on any atom is -0.394 e. The summed E-state index contributed by atoms with van der Waals surface area (Å²) in [6.07, 6.45) is 0. The lowest BCUT2D eigenvalue weighted by atomic mass is 10.9. The Morgan fingerprint density at radius 1 is 0.714 bits per heavy atom. The van der Waals surface area contributed by atoms with Crippen LogP contribution >= 0.6 is 12.6 Å². The van der Waals surface area contributed by atoms with Gasteiger partial charge in [-0.25, -0.2) is 0 Å². The molecule has 21 heavy (non-hydrogen) atoms. The molecule has 8 heteroatoms. The third-order valence-corrected chi connectivity index (χ3v) is 13.4. The van der Waals surface area contributed by atoms with E-state index in [0.717, 1.165) is 0 Å². The van der Waals surface area contributed by atoms with E-state index in [0.29, 0.717) is 38.4 Å². The minimum absolute atomic E-state index is 0.0396. The van der Waals surface area contributed by atoms with Gasteiger partial charge in [0.05, 0.1) is 5.16 Å². The molecule has 0 aromatic carbocycles. The van der Waals surface area contributed by atoms with Crippen molar-refractivity contribution in [1.29, 1.82) is 0 Å². The first-order valence-corrected chi connectivity index (χ1v) is 12.4. The summed E-state index contributed by atoms with van der Waals surface area (Å²) < 4.78 is 30.1. The maximum absolute atomic E-state index is 6.06. The van der Waals surface area contributed by atoms with Gasteiger partial charge in [0.25, 0.3) is 0 Å². The molecular weight excluding hydrogens is 324 g/mol. The molecule has 0 saturated carbocycles. The van der Waals surface area contributed by atoms with Gasteiger partial charge in [-0.15, -0.1) is 0 Å². The molecule has 1 unspecified atom stereocenters. The molecule has 0 heterocycles. The number of hydrogen-bond donors (Lipinski definition) is 1. The van der Waals surface area contributed by atoms with Crippen LogP contribution in [0, 0.1) is 0 Å². The van der Waals surface area contributed by atoms with E-state index in [4.69, 9.17) is 22.1 Å². The molecule has 0 aromatic rings.